The molecule has 2 fully saturated rings. The van der Waals surface area contributed by atoms with Gasteiger partial charge in [0.15, 0.2) is 0 Å². The molecule has 1 heterocycles. The molecule has 4 rings (SSSR count). The molecular formula is C24H32N2O3. The van der Waals surface area contributed by atoms with Crippen LogP contribution in [0.4, 0.5) is 0 Å². The zero-order valence-corrected chi connectivity index (χ0v) is 17.2. The number of benzene rings is 1. The number of amides is 2. The predicted octanol–water partition coefficient (Wildman–Crippen LogP) is 4.09. The lowest BCUT2D eigenvalue weighted by molar-refractivity contribution is -0.134. The van der Waals surface area contributed by atoms with Gasteiger partial charge in [-0.1, -0.05) is 11.6 Å². The maximum atomic E-state index is 12.3. The second kappa shape index (κ2) is 9.47. The largest absolute Gasteiger partial charge is 0.490 e. The summed E-state index contributed by atoms with van der Waals surface area (Å²) >= 11 is 0. The van der Waals surface area contributed by atoms with E-state index in [9.17, 15) is 9.59 Å². The Morgan fingerprint density at radius 3 is 2.45 bits per heavy atom. The minimum Gasteiger partial charge on any atom is -0.490 e. The van der Waals surface area contributed by atoms with E-state index >= 15 is 0 Å². The van der Waals surface area contributed by atoms with Gasteiger partial charge >= 0.3 is 0 Å². The summed E-state index contributed by atoms with van der Waals surface area (Å²) in [6, 6.07) is 7.41. The molecule has 0 aromatic heterocycles. The summed E-state index contributed by atoms with van der Waals surface area (Å²) in [6.45, 7) is 2.27. The van der Waals surface area contributed by atoms with Gasteiger partial charge < -0.3 is 15.0 Å². The van der Waals surface area contributed by atoms with E-state index < -0.39 is 0 Å². The van der Waals surface area contributed by atoms with E-state index in [1.54, 1.807) is 0 Å². The standard InChI is InChI=1S/C24H32N2O3/c27-23(25-15-12-18-4-2-1-3-5-18)19-8-10-21(11-9-19)29-22-13-16-26(17-14-22)24(28)20-6-7-20/h4,8-11,20,22H,1-3,5-7,12-17H2,(H,25,27). The van der Waals surface area contributed by atoms with E-state index in [4.69, 9.17) is 4.74 Å². The highest BCUT2D eigenvalue weighted by Gasteiger charge is 2.35. The Morgan fingerprint density at radius 1 is 1.03 bits per heavy atom. The van der Waals surface area contributed by atoms with Gasteiger partial charge in [0.05, 0.1) is 0 Å². The molecule has 29 heavy (non-hydrogen) atoms. The Hall–Kier alpha value is -2.30. The monoisotopic (exact) mass is 396 g/mol. The van der Waals surface area contributed by atoms with Crippen molar-refractivity contribution in [3.63, 3.8) is 0 Å². The summed E-state index contributed by atoms with van der Waals surface area (Å²) in [6.07, 6.45) is 12.2. The van der Waals surface area contributed by atoms with E-state index in [0.29, 0.717) is 23.9 Å². The average Bonchev–Trinajstić information content (AvgIpc) is 3.60. The van der Waals surface area contributed by atoms with Gasteiger partial charge in [-0.2, -0.15) is 0 Å². The highest BCUT2D eigenvalue weighted by Crippen LogP contribution is 2.32. The molecule has 5 nitrogen and oxygen atoms in total. The molecule has 0 unspecified atom stereocenters. The minimum absolute atomic E-state index is 0.0279. The van der Waals surface area contributed by atoms with Crippen molar-refractivity contribution in [2.75, 3.05) is 19.6 Å². The molecule has 1 aromatic rings. The average molecular weight is 397 g/mol. The smallest absolute Gasteiger partial charge is 0.251 e. The Balaban J connectivity index is 1.19. The van der Waals surface area contributed by atoms with Crippen LogP contribution >= 0.6 is 0 Å². The van der Waals surface area contributed by atoms with Gasteiger partial charge in [0.1, 0.15) is 11.9 Å². The maximum Gasteiger partial charge on any atom is 0.251 e. The second-order valence-electron chi connectivity index (χ2n) is 8.56. The van der Waals surface area contributed by atoms with E-state index in [1.165, 1.54) is 31.3 Å². The van der Waals surface area contributed by atoms with Crippen molar-refractivity contribution in [3.05, 3.63) is 41.5 Å². The van der Waals surface area contributed by atoms with Crippen molar-refractivity contribution in [2.24, 2.45) is 5.92 Å². The van der Waals surface area contributed by atoms with Gasteiger partial charge in [-0.25, -0.2) is 0 Å². The Bertz CT molecular complexity index is 744. The van der Waals surface area contributed by atoms with Crippen molar-refractivity contribution in [2.45, 2.75) is 63.9 Å². The Kier molecular flexibility index (Phi) is 6.53. The number of nitrogens with zero attached hydrogens (tertiary/aromatic N) is 1. The van der Waals surface area contributed by atoms with Crippen molar-refractivity contribution in [1.82, 2.24) is 10.2 Å². The number of likely N-dealkylation sites (tertiary alicyclic amines) is 1. The fourth-order valence-electron chi connectivity index (χ4n) is 4.23. The summed E-state index contributed by atoms with van der Waals surface area (Å²) in [5.41, 5.74) is 2.14. The van der Waals surface area contributed by atoms with Gasteiger partial charge in [0.25, 0.3) is 5.91 Å². The molecule has 1 N–H and O–H groups in total. The van der Waals surface area contributed by atoms with Crippen LogP contribution in [0.25, 0.3) is 0 Å². The van der Waals surface area contributed by atoms with Crippen LogP contribution in [0.2, 0.25) is 0 Å². The minimum atomic E-state index is -0.0279. The van der Waals surface area contributed by atoms with Gasteiger partial charge in [-0.15, -0.1) is 0 Å². The maximum absolute atomic E-state index is 12.3. The van der Waals surface area contributed by atoms with Crippen molar-refractivity contribution < 1.29 is 14.3 Å². The SMILES string of the molecule is O=C(NCCC1=CCCCC1)c1ccc(OC2CCN(C(=O)C3CC3)CC2)cc1. The van der Waals surface area contributed by atoms with Crippen LogP contribution < -0.4 is 10.1 Å². The summed E-state index contributed by atoms with van der Waals surface area (Å²) < 4.78 is 6.08. The van der Waals surface area contributed by atoms with Gasteiger partial charge in [-0.05, 0) is 69.2 Å². The molecule has 0 spiro atoms. The molecule has 0 bridgehead atoms. The molecule has 0 atom stereocenters. The number of hydrogen-bond acceptors (Lipinski definition) is 3. The fraction of sp³-hybridized carbons (Fsp3) is 0.583. The number of carbonyl (C=O) groups is 2. The summed E-state index contributed by atoms with van der Waals surface area (Å²) in [4.78, 5) is 26.5. The van der Waals surface area contributed by atoms with Crippen LogP contribution in [0.3, 0.4) is 0 Å². The highest BCUT2D eigenvalue weighted by molar-refractivity contribution is 5.94. The Morgan fingerprint density at radius 2 is 1.79 bits per heavy atom. The number of piperidine rings is 1. The van der Waals surface area contributed by atoms with Gasteiger partial charge in [0, 0.05) is 44.0 Å². The van der Waals surface area contributed by atoms with Crippen LogP contribution in [-0.4, -0.2) is 42.5 Å². The van der Waals surface area contributed by atoms with Crippen LogP contribution in [0.5, 0.6) is 5.75 Å². The molecule has 1 aliphatic heterocycles. The topological polar surface area (TPSA) is 58.6 Å². The Labute approximate surface area is 173 Å². The summed E-state index contributed by atoms with van der Waals surface area (Å²) in [5.74, 6) is 1.39. The molecule has 5 heteroatoms. The zero-order chi connectivity index (χ0) is 20.1. The molecule has 2 amide bonds. The molecule has 2 aliphatic carbocycles. The van der Waals surface area contributed by atoms with E-state index in [-0.39, 0.29) is 12.0 Å². The van der Waals surface area contributed by atoms with Crippen LogP contribution in [0, 0.1) is 5.92 Å². The van der Waals surface area contributed by atoms with E-state index in [1.807, 2.05) is 29.2 Å². The van der Waals surface area contributed by atoms with Crippen molar-refractivity contribution in [1.29, 1.82) is 0 Å². The second-order valence-corrected chi connectivity index (χ2v) is 8.56. The predicted molar refractivity (Wildman–Crippen MR) is 113 cm³/mol. The molecule has 1 saturated carbocycles. The van der Waals surface area contributed by atoms with E-state index in [2.05, 4.69) is 11.4 Å². The highest BCUT2D eigenvalue weighted by atomic mass is 16.5. The fourth-order valence-corrected chi connectivity index (χ4v) is 4.23. The van der Waals surface area contributed by atoms with Crippen LogP contribution in [0.1, 0.15) is 68.1 Å². The molecule has 1 aromatic carbocycles. The van der Waals surface area contributed by atoms with Crippen molar-refractivity contribution in [3.8, 4) is 5.75 Å². The molecule has 156 valence electrons. The lowest BCUT2D eigenvalue weighted by Crippen LogP contribution is -2.42. The summed E-state index contributed by atoms with van der Waals surface area (Å²) in [7, 11) is 0. The first-order valence-electron chi connectivity index (χ1n) is 11.2. The van der Waals surface area contributed by atoms with Crippen LogP contribution in [-0.2, 0) is 4.79 Å². The quantitative estimate of drug-likeness (QED) is 0.707. The lowest BCUT2D eigenvalue weighted by atomic mass is 9.97. The first kappa shape index (κ1) is 20.0. The number of allylic oxidation sites excluding steroid dienone is 1. The van der Waals surface area contributed by atoms with Gasteiger partial charge in [-0.3, -0.25) is 9.59 Å². The molecule has 0 radical (unpaired) electrons. The van der Waals surface area contributed by atoms with Gasteiger partial charge in [0.2, 0.25) is 5.91 Å². The lowest BCUT2D eigenvalue weighted by Gasteiger charge is -2.32. The zero-order valence-electron chi connectivity index (χ0n) is 17.2. The number of nitrogens with one attached hydrogen (secondary N) is 1. The summed E-state index contributed by atoms with van der Waals surface area (Å²) in [5, 5.41) is 3.02. The molecule has 1 saturated heterocycles. The molecule has 3 aliphatic rings. The molecular weight excluding hydrogens is 364 g/mol. The number of ether oxygens (including phenoxy) is 1. The number of rotatable bonds is 7. The first-order chi connectivity index (χ1) is 14.2. The first-order valence-corrected chi connectivity index (χ1v) is 11.2. The van der Waals surface area contributed by atoms with Crippen LogP contribution in [0.15, 0.2) is 35.9 Å². The number of carbonyl (C=O) groups excluding carboxylic acids is 2. The number of hydrogen-bond donors (Lipinski definition) is 1. The third-order valence-corrected chi connectivity index (χ3v) is 6.22. The third kappa shape index (κ3) is 5.62. The van der Waals surface area contributed by atoms with E-state index in [0.717, 1.165) is 50.9 Å². The normalized spacial score (nSPS) is 20.1. The van der Waals surface area contributed by atoms with Crippen molar-refractivity contribution >= 4 is 11.8 Å². The third-order valence-electron chi connectivity index (χ3n) is 6.22.